The quantitative estimate of drug-likeness (QED) is 0.438. The summed E-state index contributed by atoms with van der Waals surface area (Å²) in [5.74, 6) is 2.04. The summed E-state index contributed by atoms with van der Waals surface area (Å²) < 4.78 is 7.61. The Morgan fingerprint density at radius 3 is 2.50 bits per heavy atom. The number of piperazine rings is 1. The van der Waals surface area contributed by atoms with Crippen LogP contribution in [0.2, 0.25) is 0 Å². The van der Waals surface area contributed by atoms with Gasteiger partial charge in [0.25, 0.3) is 0 Å². The highest BCUT2D eigenvalue weighted by Gasteiger charge is 2.24. The molecule has 0 bridgehead atoms. The molecule has 4 aromatic heterocycles. The lowest BCUT2D eigenvalue weighted by molar-refractivity contribution is 0.0331. The van der Waals surface area contributed by atoms with E-state index in [4.69, 9.17) is 19.7 Å². The number of imidazole rings is 1. The van der Waals surface area contributed by atoms with Crippen LogP contribution in [0.15, 0.2) is 30.6 Å². The summed E-state index contributed by atoms with van der Waals surface area (Å²) >= 11 is 1.80. The zero-order valence-electron chi connectivity index (χ0n) is 19.9. The van der Waals surface area contributed by atoms with Gasteiger partial charge in [-0.15, -0.1) is 11.3 Å². The van der Waals surface area contributed by atoms with Gasteiger partial charge in [0.2, 0.25) is 0 Å². The fourth-order valence-corrected chi connectivity index (χ4v) is 5.98. The Kier molecular flexibility index (Phi) is 5.94. The van der Waals surface area contributed by atoms with Crippen LogP contribution in [0.3, 0.4) is 0 Å². The monoisotopic (exact) mass is 477 g/mol. The Morgan fingerprint density at radius 1 is 0.912 bits per heavy atom. The van der Waals surface area contributed by atoms with Crippen molar-refractivity contribution in [2.75, 3.05) is 57.4 Å². The van der Waals surface area contributed by atoms with E-state index in [9.17, 15) is 0 Å². The van der Waals surface area contributed by atoms with E-state index in [0.717, 1.165) is 93.4 Å². The lowest BCUT2D eigenvalue weighted by atomic mass is 10.2. The Morgan fingerprint density at radius 2 is 1.71 bits per heavy atom. The number of fused-ring (bicyclic) bond motifs is 2. The normalized spacial score (nSPS) is 18.4. The van der Waals surface area contributed by atoms with Gasteiger partial charge in [0.1, 0.15) is 22.1 Å². The minimum Gasteiger partial charge on any atom is -0.379 e. The van der Waals surface area contributed by atoms with Crippen molar-refractivity contribution < 1.29 is 4.74 Å². The minimum atomic E-state index is 0.788. The molecular formula is C25H31N7OS. The fraction of sp³-hybridized carbons (Fsp3) is 0.480. The molecule has 0 spiro atoms. The number of hydrogen-bond acceptors (Lipinski definition) is 8. The van der Waals surface area contributed by atoms with E-state index in [1.54, 1.807) is 11.3 Å². The number of rotatable bonds is 5. The summed E-state index contributed by atoms with van der Waals surface area (Å²) in [4.78, 5) is 24.7. The largest absolute Gasteiger partial charge is 0.379 e. The van der Waals surface area contributed by atoms with Gasteiger partial charge >= 0.3 is 0 Å². The minimum absolute atomic E-state index is 0.788. The molecule has 34 heavy (non-hydrogen) atoms. The maximum atomic E-state index is 5.52. The molecular weight excluding hydrogens is 446 g/mol. The van der Waals surface area contributed by atoms with E-state index in [1.165, 1.54) is 15.8 Å². The molecule has 4 aromatic rings. The number of hydrogen-bond donors (Lipinski definition) is 0. The first-order valence-corrected chi connectivity index (χ1v) is 12.9. The molecule has 0 saturated carbocycles. The predicted molar refractivity (Wildman–Crippen MR) is 136 cm³/mol. The molecule has 178 valence electrons. The number of morpholine rings is 1. The molecule has 0 amide bonds. The van der Waals surface area contributed by atoms with Gasteiger partial charge < -0.3 is 14.0 Å². The first kappa shape index (κ1) is 21.9. The lowest BCUT2D eigenvalue weighted by Gasteiger charge is -2.35. The third kappa shape index (κ3) is 4.29. The number of anilines is 1. The maximum absolute atomic E-state index is 5.52. The van der Waals surface area contributed by atoms with Gasteiger partial charge in [-0.1, -0.05) is 6.07 Å². The summed E-state index contributed by atoms with van der Waals surface area (Å²) in [5, 5.41) is 1.24. The number of aromatic nitrogens is 4. The van der Waals surface area contributed by atoms with Gasteiger partial charge in [0.15, 0.2) is 0 Å². The van der Waals surface area contributed by atoms with E-state index >= 15 is 0 Å². The molecule has 0 atom stereocenters. The maximum Gasteiger partial charge on any atom is 0.146 e. The van der Waals surface area contributed by atoms with Crippen LogP contribution in [0.25, 0.3) is 15.9 Å². The summed E-state index contributed by atoms with van der Waals surface area (Å²) in [7, 11) is 0. The third-order valence-electron chi connectivity index (χ3n) is 7.00. The van der Waals surface area contributed by atoms with Gasteiger partial charge in [0, 0.05) is 63.1 Å². The van der Waals surface area contributed by atoms with Crippen molar-refractivity contribution in [1.29, 1.82) is 0 Å². The van der Waals surface area contributed by atoms with Crippen LogP contribution < -0.4 is 4.90 Å². The molecule has 8 nitrogen and oxygen atoms in total. The van der Waals surface area contributed by atoms with Crippen LogP contribution in [-0.4, -0.2) is 81.6 Å². The summed E-state index contributed by atoms with van der Waals surface area (Å²) in [6.07, 6.45) is 4.20. The number of thiophene rings is 1. The highest BCUT2D eigenvalue weighted by Crippen LogP contribution is 2.35. The van der Waals surface area contributed by atoms with E-state index < -0.39 is 0 Å². The number of aryl methyl sites for hydroxylation is 2. The molecule has 6 rings (SSSR count). The van der Waals surface area contributed by atoms with Gasteiger partial charge in [-0.3, -0.25) is 9.80 Å². The van der Waals surface area contributed by atoms with Crippen molar-refractivity contribution in [2.24, 2.45) is 0 Å². The topological polar surface area (TPSA) is 62.0 Å². The average Bonchev–Trinajstić information content (AvgIpc) is 3.39. The Balaban J connectivity index is 1.21. The van der Waals surface area contributed by atoms with Crippen molar-refractivity contribution in [3.63, 3.8) is 0 Å². The molecule has 2 saturated heterocycles. The third-order valence-corrected chi connectivity index (χ3v) is 8.10. The van der Waals surface area contributed by atoms with Crippen LogP contribution in [-0.2, 0) is 17.8 Å². The molecule has 0 aromatic carbocycles. The number of nitrogens with zero attached hydrogens (tertiary/aromatic N) is 7. The van der Waals surface area contributed by atoms with Crippen molar-refractivity contribution in [3.8, 4) is 0 Å². The van der Waals surface area contributed by atoms with E-state index in [0.29, 0.717) is 0 Å². The van der Waals surface area contributed by atoms with Gasteiger partial charge in [-0.2, -0.15) is 0 Å². The van der Waals surface area contributed by atoms with Gasteiger partial charge in [-0.25, -0.2) is 15.0 Å². The lowest BCUT2D eigenvalue weighted by Crippen LogP contribution is -2.46. The Labute approximate surface area is 203 Å². The standard InChI is InChI=1S/C25H31N7OS/c1-18-19(2)34-25-23(18)24(27-21(28-25)17-30-11-13-33-14-12-30)31-9-7-29(8-10-31)15-20-16-32-6-4-3-5-22(32)26-20/h3-6,16H,7-15,17H2,1-2H3. The Hall–Kier alpha value is -2.59. The van der Waals surface area contributed by atoms with Crippen LogP contribution in [0.5, 0.6) is 0 Å². The fourth-order valence-electron chi connectivity index (χ4n) is 4.94. The molecule has 0 aliphatic carbocycles. The molecule has 0 radical (unpaired) electrons. The summed E-state index contributed by atoms with van der Waals surface area (Å²) in [6, 6.07) is 6.14. The molecule has 9 heteroatoms. The smallest absolute Gasteiger partial charge is 0.146 e. The van der Waals surface area contributed by atoms with Crippen molar-refractivity contribution in [3.05, 3.63) is 52.6 Å². The molecule has 0 unspecified atom stereocenters. The molecule has 6 heterocycles. The van der Waals surface area contributed by atoms with Crippen molar-refractivity contribution >= 4 is 33.0 Å². The van der Waals surface area contributed by atoms with E-state index in [2.05, 4.69) is 51.4 Å². The summed E-state index contributed by atoms with van der Waals surface area (Å²) in [6.45, 7) is 13.5. The average molecular weight is 478 g/mol. The van der Waals surface area contributed by atoms with Crippen molar-refractivity contribution in [2.45, 2.75) is 26.9 Å². The molecule has 2 aliphatic rings. The number of pyridine rings is 1. The Bertz CT molecular complexity index is 1270. The highest BCUT2D eigenvalue weighted by molar-refractivity contribution is 7.18. The molecule has 2 aliphatic heterocycles. The van der Waals surface area contributed by atoms with Gasteiger partial charge in [0.05, 0.1) is 30.8 Å². The predicted octanol–water partition coefficient (Wildman–Crippen LogP) is 3.11. The second kappa shape index (κ2) is 9.22. The van der Waals surface area contributed by atoms with Crippen LogP contribution >= 0.6 is 11.3 Å². The zero-order valence-corrected chi connectivity index (χ0v) is 20.7. The first-order chi connectivity index (χ1) is 16.6. The second-order valence-corrected chi connectivity index (χ2v) is 10.5. The van der Waals surface area contributed by atoms with Crippen LogP contribution in [0.1, 0.15) is 22.0 Å². The SMILES string of the molecule is Cc1sc2nc(CN3CCOCC3)nc(N3CCN(Cc4cn5ccccc5n4)CC3)c2c1C. The number of ether oxygens (including phenoxy) is 1. The van der Waals surface area contributed by atoms with Gasteiger partial charge in [-0.05, 0) is 31.5 Å². The zero-order chi connectivity index (χ0) is 23.1. The van der Waals surface area contributed by atoms with E-state index in [1.807, 2.05) is 12.1 Å². The van der Waals surface area contributed by atoms with Crippen LogP contribution in [0, 0.1) is 13.8 Å². The summed E-state index contributed by atoms with van der Waals surface area (Å²) in [5.41, 5.74) is 3.46. The molecule has 2 fully saturated rings. The highest BCUT2D eigenvalue weighted by atomic mass is 32.1. The second-order valence-electron chi connectivity index (χ2n) is 9.28. The molecule has 0 N–H and O–H groups in total. The first-order valence-electron chi connectivity index (χ1n) is 12.1. The van der Waals surface area contributed by atoms with Crippen molar-refractivity contribution in [1.82, 2.24) is 29.2 Å². The van der Waals surface area contributed by atoms with E-state index in [-0.39, 0.29) is 0 Å². The van der Waals surface area contributed by atoms with Crippen LogP contribution in [0.4, 0.5) is 5.82 Å².